The van der Waals surface area contributed by atoms with Crippen LogP contribution in [0.5, 0.6) is 5.88 Å². The van der Waals surface area contributed by atoms with Crippen molar-refractivity contribution in [1.82, 2.24) is 20.1 Å². The van der Waals surface area contributed by atoms with E-state index in [1.54, 1.807) is 32.0 Å². The van der Waals surface area contributed by atoms with Crippen LogP contribution in [-0.2, 0) is 12.7 Å². The number of ether oxygens (including phenoxy) is 1. The predicted molar refractivity (Wildman–Crippen MR) is 100.0 cm³/mol. The highest BCUT2D eigenvalue weighted by Crippen LogP contribution is 2.33. The first-order valence-electron chi connectivity index (χ1n) is 8.71. The monoisotopic (exact) mass is 404 g/mol. The number of rotatable bonds is 5. The van der Waals surface area contributed by atoms with Crippen LogP contribution in [0.15, 0.2) is 42.6 Å². The van der Waals surface area contributed by atoms with E-state index in [2.05, 4.69) is 15.4 Å². The van der Waals surface area contributed by atoms with E-state index < -0.39 is 17.6 Å². The summed E-state index contributed by atoms with van der Waals surface area (Å²) in [5, 5.41) is 6.72. The summed E-state index contributed by atoms with van der Waals surface area (Å²) >= 11 is 0. The standard InChI is InChI=1S/C20H19F3N4O2/c1-12-9-13(2)27(26-12)15-7-6-14(17(10-15)20(21,22)23)11-25-18(28)16-5-4-8-24-19(16)29-3/h4-10H,11H2,1-3H3,(H,25,28). The van der Waals surface area contributed by atoms with Gasteiger partial charge in [-0.1, -0.05) is 6.07 Å². The van der Waals surface area contributed by atoms with Gasteiger partial charge in [-0.25, -0.2) is 9.67 Å². The molecule has 0 saturated heterocycles. The lowest BCUT2D eigenvalue weighted by Crippen LogP contribution is -2.25. The zero-order chi connectivity index (χ0) is 21.2. The highest BCUT2D eigenvalue weighted by Gasteiger charge is 2.34. The molecule has 1 amide bonds. The van der Waals surface area contributed by atoms with Crippen molar-refractivity contribution in [3.05, 3.63) is 70.7 Å². The number of benzene rings is 1. The average molecular weight is 404 g/mol. The third kappa shape index (κ3) is 4.39. The number of aryl methyl sites for hydroxylation is 2. The first-order valence-corrected chi connectivity index (χ1v) is 8.71. The zero-order valence-corrected chi connectivity index (χ0v) is 16.0. The van der Waals surface area contributed by atoms with Crippen molar-refractivity contribution in [2.75, 3.05) is 7.11 Å². The number of carbonyl (C=O) groups is 1. The Morgan fingerprint density at radius 1 is 1.21 bits per heavy atom. The molecule has 152 valence electrons. The van der Waals surface area contributed by atoms with E-state index in [4.69, 9.17) is 4.74 Å². The van der Waals surface area contributed by atoms with Gasteiger partial charge in [-0.05, 0) is 49.7 Å². The van der Waals surface area contributed by atoms with Gasteiger partial charge in [-0.15, -0.1) is 0 Å². The van der Waals surface area contributed by atoms with Gasteiger partial charge in [0.2, 0.25) is 5.88 Å². The molecule has 0 aliphatic heterocycles. The molecule has 0 saturated carbocycles. The minimum absolute atomic E-state index is 0.0565. The molecule has 3 aromatic rings. The Hall–Kier alpha value is -3.36. The molecule has 1 aromatic carbocycles. The number of aromatic nitrogens is 3. The summed E-state index contributed by atoms with van der Waals surface area (Å²) in [6.45, 7) is 3.23. The number of carbonyl (C=O) groups excluding carboxylic acids is 1. The minimum atomic E-state index is -4.59. The fourth-order valence-corrected chi connectivity index (χ4v) is 3.00. The second kappa shape index (κ2) is 7.94. The number of pyridine rings is 1. The van der Waals surface area contributed by atoms with Gasteiger partial charge in [-0.2, -0.15) is 18.3 Å². The quantitative estimate of drug-likeness (QED) is 0.702. The Labute approximate surface area is 165 Å². The van der Waals surface area contributed by atoms with Crippen molar-refractivity contribution in [2.24, 2.45) is 0 Å². The average Bonchev–Trinajstić information content (AvgIpc) is 3.03. The molecule has 0 bridgehead atoms. The predicted octanol–water partition coefficient (Wildman–Crippen LogP) is 3.84. The molecule has 0 spiro atoms. The first kappa shape index (κ1) is 20.4. The molecule has 2 heterocycles. The summed E-state index contributed by atoms with van der Waals surface area (Å²) in [5.74, 6) is -0.480. The number of alkyl halides is 3. The van der Waals surface area contributed by atoms with E-state index in [9.17, 15) is 18.0 Å². The second-order valence-corrected chi connectivity index (χ2v) is 6.42. The molecule has 0 aliphatic rings. The normalized spacial score (nSPS) is 11.4. The van der Waals surface area contributed by atoms with E-state index in [1.807, 2.05) is 0 Å². The summed E-state index contributed by atoms with van der Waals surface area (Å²) in [6, 6.07) is 8.73. The second-order valence-electron chi connectivity index (χ2n) is 6.42. The van der Waals surface area contributed by atoms with Crippen LogP contribution in [0, 0.1) is 13.8 Å². The van der Waals surface area contributed by atoms with Crippen molar-refractivity contribution in [3.63, 3.8) is 0 Å². The molecule has 29 heavy (non-hydrogen) atoms. The summed E-state index contributed by atoms with van der Waals surface area (Å²) in [5.41, 5.74) is 0.980. The van der Waals surface area contributed by atoms with Crippen molar-refractivity contribution in [3.8, 4) is 11.6 Å². The molecular formula is C20H19F3N4O2. The summed E-state index contributed by atoms with van der Waals surface area (Å²) in [4.78, 5) is 16.3. The molecular weight excluding hydrogens is 385 g/mol. The third-order valence-electron chi connectivity index (χ3n) is 4.30. The number of hydrogen-bond donors (Lipinski definition) is 1. The Kier molecular flexibility index (Phi) is 5.58. The highest BCUT2D eigenvalue weighted by atomic mass is 19.4. The number of methoxy groups -OCH3 is 1. The van der Waals surface area contributed by atoms with Crippen LogP contribution in [0.2, 0.25) is 0 Å². The van der Waals surface area contributed by atoms with Gasteiger partial charge in [0.15, 0.2) is 0 Å². The SMILES string of the molecule is COc1ncccc1C(=O)NCc1ccc(-n2nc(C)cc2C)cc1C(F)(F)F. The molecule has 3 rings (SSSR count). The van der Waals surface area contributed by atoms with E-state index in [0.717, 1.165) is 11.8 Å². The fourth-order valence-electron chi connectivity index (χ4n) is 3.00. The van der Waals surface area contributed by atoms with Gasteiger partial charge in [-0.3, -0.25) is 4.79 Å². The van der Waals surface area contributed by atoms with Gasteiger partial charge in [0, 0.05) is 18.4 Å². The molecule has 0 atom stereocenters. The summed E-state index contributed by atoms with van der Waals surface area (Å²) in [7, 11) is 1.36. The molecule has 9 heteroatoms. The minimum Gasteiger partial charge on any atom is -0.480 e. The summed E-state index contributed by atoms with van der Waals surface area (Å²) in [6.07, 6.45) is -3.13. The van der Waals surface area contributed by atoms with Crippen molar-refractivity contribution < 1.29 is 22.7 Å². The van der Waals surface area contributed by atoms with Crippen LogP contribution in [0.3, 0.4) is 0 Å². The van der Waals surface area contributed by atoms with Crippen LogP contribution >= 0.6 is 0 Å². The van der Waals surface area contributed by atoms with Crippen LogP contribution in [0.25, 0.3) is 5.69 Å². The number of hydrogen-bond acceptors (Lipinski definition) is 4. The Morgan fingerprint density at radius 3 is 2.59 bits per heavy atom. The van der Waals surface area contributed by atoms with Gasteiger partial charge in [0.1, 0.15) is 5.56 Å². The highest BCUT2D eigenvalue weighted by molar-refractivity contribution is 5.96. The van der Waals surface area contributed by atoms with Gasteiger partial charge in [0.05, 0.1) is 24.1 Å². The lowest BCUT2D eigenvalue weighted by Gasteiger charge is -2.16. The first-order chi connectivity index (χ1) is 13.7. The van der Waals surface area contributed by atoms with E-state index >= 15 is 0 Å². The maximum atomic E-state index is 13.6. The number of nitrogens with zero attached hydrogens (tertiary/aromatic N) is 3. The third-order valence-corrected chi connectivity index (χ3v) is 4.30. The smallest absolute Gasteiger partial charge is 0.416 e. The van der Waals surface area contributed by atoms with E-state index in [1.165, 1.54) is 30.1 Å². The van der Waals surface area contributed by atoms with Crippen molar-refractivity contribution in [2.45, 2.75) is 26.6 Å². The van der Waals surface area contributed by atoms with Gasteiger partial charge in [0.25, 0.3) is 5.91 Å². The van der Waals surface area contributed by atoms with Gasteiger partial charge >= 0.3 is 6.18 Å². The molecule has 0 aliphatic carbocycles. The molecule has 0 unspecified atom stereocenters. The maximum Gasteiger partial charge on any atom is 0.416 e. The Balaban J connectivity index is 1.89. The maximum absolute atomic E-state index is 13.6. The fraction of sp³-hybridized carbons (Fsp3) is 0.250. The number of amides is 1. The van der Waals surface area contributed by atoms with Crippen LogP contribution < -0.4 is 10.1 Å². The number of nitrogens with one attached hydrogen (secondary N) is 1. The largest absolute Gasteiger partial charge is 0.480 e. The topological polar surface area (TPSA) is 69.0 Å². The van der Waals surface area contributed by atoms with Crippen LogP contribution in [0.4, 0.5) is 13.2 Å². The van der Waals surface area contributed by atoms with E-state index in [-0.39, 0.29) is 23.6 Å². The molecule has 0 radical (unpaired) electrons. The van der Waals surface area contributed by atoms with Crippen LogP contribution in [-0.4, -0.2) is 27.8 Å². The molecule has 0 fully saturated rings. The lowest BCUT2D eigenvalue weighted by atomic mass is 10.1. The number of halogens is 3. The van der Waals surface area contributed by atoms with Gasteiger partial charge < -0.3 is 10.1 Å². The summed E-state index contributed by atoms with van der Waals surface area (Å²) < 4.78 is 47.4. The van der Waals surface area contributed by atoms with Crippen molar-refractivity contribution >= 4 is 5.91 Å². The van der Waals surface area contributed by atoms with Crippen LogP contribution in [0.1, 0.15) is 32.9 Å². The molecule has 2 aromatic heterocycles. The van der Waals surface area contributed by atoms with E-state index in [0.29, 0.717) is 11.4 Å². The Bertz CT molecular complexity index is 1040. The zero-order valence-electron chi connectivity index (χ0n) is 16.0. The van der Waals surface area contributed by atoms with Crippen molar-refractivity contribution in [1.29, 1.82) is 0 Å². The molecule has 1 N–H and O–H groups in total. The lowest BCUT2D eigenvalue weighted by molar-refractivity contribution is -0.138. The molecule has 6 nitrogen and oxygen atoms in total. The Morgan fingerprint density at radius 2 is 1.97 bits per heavy atom.